The number of carbonyl (C=O) groups is 2. The Morgan fingerprint density at radius 2 is 1.69 bits per heavy atom. The number of benzene rings is 1. The van der Waals surface area contributed by atoms with E-state index in [1.165, 1.54) is 0 Å². The van der Waals surface area contributed by atoms with Gasteiger partial charge in [0.05, 0.1) is 19.0 Å². The highest BCUT2D eigenvalue weighted by molar-refractivity contribution is 5.95. The fourth-order valence-electron chi connectivity index (χ4n) is 3.36. The lowest BCUT2D eigenvalue weighted by atomic mass is 10.1. The third-order valence-corrected chi connectivity index (χ3v) is 4.65. The van der Waals surface area contributed by atoms with E-state index in [-0.39, 0.29) is 25.0 Å². The van der Waals surface area contributed by atoms with Gasteiger partial charge >= 0.3 is 6.09 Å². The highest BCUT2D eigenvalue weighted by Gasteiger charge is 2.27. The Balaban J connectivity index is 1.98. The molecule has 1 fully saturated rings. The second kappa shape index (κ2) is 9.75. The van der Waals surface area contributed by atoms with Gasteiger partial charge < -0.3 is 14.5 Å². The number of amides is 2. The zero-order valence-corrected chi connectivity index (χ0v) is 18.2. The van der Waals surface area contributed by atoms with Crippen LogP contribution in [0.5, 0.6) is 0 Å². The van der Waals surface area contributed by atoms with Crippen LogP contribution in [-0.2, 0) is 9.53 Å². The number of aryl methyl sites for hydroxylation is 2. The first-order chi connectivity index (χ1) is 13.6. The molecule has 1 aliphatic heterocycles. The molecular weight excluding hydrogens is 368 g/mol. The molecule has 0 unspecified atom stereocenters. The lowest BCUT2D eigenvalue weighted by Gasteiger charge is -2.36. The number of ether oxygens (including phenoxy) is 1. The zero-order chi connectivity index (χ0) is 21.6. The molecule has 0 bridgehead atoms. The Morgan fingerprint density at radius 3 is 2.21 bits per heavy atom. The van der Waals surface area contributed by atoms with Gasteiger partial charge in [-0.25, -0.2) is 4.79 Å². The Bertz CT molecular complexity index is 751. The minimum Gasteiger partial charge on any atom is -0.444 e. The summed E-state index contributed by atoms with van der Waals surface area (Å²) in [6.07, 6.45) is -0.0279. The summed E-state index contributed by atoms with van der Waals surface area (Å²) in [6.45, 7) is 12.5. The maximum Gasteiger partial charge on any atom is 0.410 e. The fourth-order valence-corrected chi connectivity index (χ4v) is 3.36. The van der Waals surface area contributed by atoms with Crippen LogP contribution in [0.25, 0.3) is 0 Å². The highest BCUT2D eigenvalue weighted by Crippen LogP contribution is 2.20. The average molecular weight is 401 g/mol. The second-order valence-electron chi connectivity index (χ2n) is 8.54. The van der Waals surface area contributed by atoms with Gasteiger partial charge in [0.2, 0.25) is 5.91 Å². The van der Waals surface area contributed by atoms with Crippen molar-refractivity contribution < 1.29 is 14.3 Å². The van der Waals surface area contributed by atoms with Gasteiger partial charge in [0.15, 0.2) is 0 Å². The van der Waals surface area contributed by atoms with Crippen LogP contribution in [0.15, 0.2) is 18.2 Å². The number of nitriles is 1. The molecule has 1 aromatic carbocycles. The van der Waals surface area contributed by atoms with Crippen molar-refractivity contribution in [2.24, 2.45) is 0 Å². The molecule has 29 heavy (non-hydrogen) atoms. The van der Waals surface area contributed by atoms with Gasteiger partial charge in [-0.05, 0) is 57.9 Å². The minimum absolute atomic E-state index is 0.0315. The summed E-state index contributed by atoms with van der Waals surface area (Å²) >= 11 is 0. The first-order valence-corrected chi connectivity index (χ1v) is 10.0. The number of piperazine rings is 1. The van der Waals surface area contributed by atoms with Crippen LogP contribution in [-0.4, -0.2) is 66.7 Å². The summed E-state index contributed by atoms with van der Waals surface area (Å²) in [4.78, 5) is 30.6. The first-order valence-electron chi connectivity index (χ1n) is 10.0. The Labute approximate surface area is 173 Å². The summed E-state index contributed by atoms with van der Waals surface area (Å²) in [6, 6.07) is 8.14. The van der Waals surface area contributed by atoms with Gasteiger partial charge in [-0.1, -0.05) is 6.07 Å². The summed E-state index contributed by atoms with van der Waals surface area (Å²) in [5.74, 6) is -0.0315. The summed E-state index contributed by atoms with van der Waals surface area (Å²) in [5, 5.41) is 8.99. The second-order valence-corrected chi connectivity index (χ2v) is 8.54. The number of rotatable bonds is 5. The predicted molar refractivity (Wildman–Crippen MR) is 113 cm³/mol. The largest absolute Gasteiger partial charge is 0.444 e. The molecule has 1 saturated heterocycles. The van der Waals surface area contributed by atoms with Crippen molar-refractivity contribution in [1.82, 2.24) is 9.80 Å². The van der Waals surface area contributed by atoms with Crippen LogP contribution in [0.2, 0.25) is 0 Å². The molecular formula is C22H32N4O3. The van der Waals surface area contributed by atoms with Gasteiger partial charge in [0, 0.05) is 38.4 Å². The van der Waals surface area contributed by atoms with Crippen LogP contribution < -0.4 is 4.90 Å². The molecule has 2 amide bonds. The molecule has 0 saturated carbocycles. The predicted octanol–water partition coefficient (Wildman–Crippen LogP) is 3.10. The van der Waals surface area contributed by atoms with E-state index >= 15 is 0 Å². The fraction of sp³-hybridized carbons (Fsp3) is 0.591. The van der Waals surface area contributed by atoms with E-state index in [0.29, 0.717) is 32.7 Å². The third kappa shape index (κ3) is 7.06. The van der Waals surface area contributed by atoms with E-state index in [1.54, 1.807) is 9.80 Å². The van der Waals surface area contributed by atoms with Crippen LogP contribution in [0.4, 0.5) is 10.5 Å². The number of nitrogens with zero attached hydrogens (tertiary/aromatic N) is 4. The lowest BCUT2D eigenvalue weighted by Crippen LogP contribution is -2.52. The van der Waals surface area contributed by atoms with Crippen LogP contribution in [0.1, 0.15) is 38.3 Å². The monoisotopic (exact) mass is 400 g/mol. The van der Waals surface area contributed by atoms with Gasteiger partial charge in [0.1, 0.15) is 5.60 Å². The van der Waals surface area contributed by atoms with Gasteiger partial charge in [-0.3, -0.25) is 9.69 Å². The van der Waals surface area contributed by atoms with Gasteiger partial charge in [0.25, 0.3) is 0 Å². The third-order valence-electron chi connectivity index (χ3n) is 4.65. The molecule has 0 atom stereocenters. The van der Waals surface area contributed by atoms with E-state index in [2.05, 4.69) is 12.1 Å². The molecule has 0 spiro atoms. The SMILES string of the molecule is Cc1cc(C)cc(N(CCC#N)C(=O)CN2CCN(C(=O)OC(C)(C)C)CC2)c1. The van der Waals surface area contributed by atoms with Crippen LogP contribution >= 0.6 is 0 Å². The topological polar surface area (TPSA) is 76.9 Å². The molecule has 158 valence electrons. The molecule has 0 aromatic heterocycles. The summed E-state index contributed by atoms with van der Waals surface area (Å²) < 4.78 is 5.42. The number of carbonyl (C=O) groups excluding carboxylic acids is 2. The molecule has 1 aromatic rings. The van der Waals surface area contributed by atoms with Crippen molar-refractivity contribution in [1.29, 1.82) is 5.26 Å². The average Bonchev–Trinajstić information content (AvgIpc) is 2.60. The summed E-state index contributed by atoms with van der Waals surface area (Å²) in [5.41, 5.74) is 2.48. The van der Waals surface area contributed by atoms with E-state index < -0.39 is 5.60 Å². The smallest absolute Gasteiger partial charge is 0.410 e. The molecule has 0 aliphatic carbocycles. The van der Waals surface area contributed by atoms with Crippen molar-refractivity contribution in [2.75, 3.05) is 44.2 Å². The Hall–Kier alpha value is -2.59. The van der Waals surface area contributed by atoms with E-state index in [0.717, 1.165) is 16.8 Å². The maximum atomic E-state index is 13.0. The molecule has 0 N–H and O–H groups in total. The lowest BCUT2D eigenvalue weighted by molar-refractivity contribution is -0.120. The summed E-state index contributed by atoms with van der Waals surface area (Å²) in [7, 11) is 0. The molecule has 1 aliphatic rings. The number of anilines is 1. The van der Waals surface area contributed by atoms with E-state index in [1.807, 2.05) is 51.7 Å². The molecule has 2 rings (SSSR count). The number of hydrogen-bond acceptors (Lipinski definition) is 5. The quantitative estimate of drug-likeness (QED) is 0.759. The van der Waals surface area contributed by atoms with Crippen molar-refractivity contribution in [3.05, 3.63) is 29.3 Å². The van der Waals surface area contributed by atoms with E-state index in [4.69, 9.17) is 10.00 Å². The molecule has 1 heterocycles. The van der Waals surface area contributed by atoms with Gasteiger partial charge in [-0.15, -0.1) is 0 Å². The molecule has 7 nitrogen and oxygen atoms in total. The molecule has 7 heteroatoms. The maximum absolute atomic E-state index is 13.0. The van der Waals surface area contributed by atoms with Crippen LogP contribution in [0.3, 0.4) is 0 Å². The van der Waals surface area contributed by atoms with Crippen LogP contribution in [0, 0.1) is 25.2 Å². The van der Waals surface area contributed by atoms with Crippen molar-refractivity contribution in [2.45, 2.75) is 46.6 Å². The normalized spacial score (nSPS) is 15.0. The first kappa shape index (κ1) is 22.7. The Morgan fingerprint density at radius 1 is 1.10 bits per heavy atom. The Kier molecular flexibility index (Phi) is 7.63. The van der Waals surface area contributed by atoms with E-state index in [9.17, 15) is 9.59 Å². The van der Waals surface area contributed by atoms with Gasteiger partial charge in [-0.2, -0.15) is 5.26 Å². The highest BCUT2D eigenvalue weighted by atomic mass is 16.6. The molecule has 0 radical (unpaired) electrons. The van der Waals surface area contributed by atoms with Crippen molar-refractivity contribution in [3.63, 3.8) is 0 Å². The number of hydrogen-bond donors (Lipinski definition) is 0. The van der Waals surface area contributed by atoms with Crippen molar-refractivity contribution in [3.8, 4) is 6.07 Å². The van der Waals surface area contributed by atoms with Crippen molar-refractivity contribution >= 4 is 17.7 Å². The standard InChI is InChI=1S/C22H32N4O3/c1-17-13-18(2)15-19(14-17)26(8-6-7-23)20(27)16-24-9-11-25(12-10-24)21(28)29-22(3,4)5/h13-15H,6,8-12,16H2,1-5H3. The minimum atomic E-state index is -0.516. The zero-order valence-electron chi connectivity index (χ0n) is 18.2.